The molecule has 0 unspecified atom stereocenters. The lowest BCUT2D eigenvalue weighted by Crippen LogP contribution is -2.23. The van der Waals surface area contributed by atoms with Crippen LogP contribution in [0.3, 0.4) is 0 Å². The summed E-state index contributed by atoms with van der Waals surface area (Å²) >= 11 is 0. The van der Waals surface area contributed by atoms with Crippen LogP contribution in [0.2, 0.25) is 0 Å². The maximum Gasteiger partial charge on any atom is 0.251 e. The molecule has 1 amide bonds. The Morgan fingerprint density at radius 2 is 1.81 bits per heavy atom. The van der Waals surface area contributed by atoms with Crippen molar-refractivity contribution in [2.24, 2.45) is 0 Å². The Morgan fingerprint density at radius 1 is 1.00 bits per heavy atom. The van der Waals surface area contributed by atoms with E-state index in [9.17, 15) is 4.79 Å². The minimum absolute atomic E-state index is 0.144. The van der Waals surface area contributed by atoms with Crippen LogP contribution in [-0.4, -0.2) is 30.0 Å². The molecule has 0 radical (unpaired) electrons. The van der Waals surface area contributed by atoms with Crippen molar-refractivity contribution in [3.63, 3.8) is 0 Å². The average molecular weight is 412 g/mol. The van der Waals surface area contributed by atoms with Gasteiger partial charge < -0.3 is 15.0 Å². The Bertz CT molecular complexity index is 1220. The first-order chi connectivity index (χ1) is 15.0. The van der Waals surface area contributed by atoms with Crippen molar-refractivity contribution in [3.8, 4) is 11.5 Å². The van der Waals surface area contributed by atoms with Crippen LogP contribution in [0.15, 0.2) is 73.2 Å². The monoisotopic (exact) mass is 412 g/mol. The first kappa shape index (κ1) is 20.3. The third kappa shape index (κ3) is 4.48. The summed E-state index contributed by atoms with van der Waals surface area (Å²) in [4.78, 5) is 23.3. The van der Waals surface area contributed by atoms with Gasteiger partial charge in [-0.15, -0.1) is 0 Å². The number of nitrogens with one attached hydrogen (secondary N) is 1. The number of fused-ring (bicyclic) bond motifs is 1. The smallest absolute Gasteiger partial charge is 0.251 e. The topological polar surface area (TPSA) is 67.3 Å². The van der Waals surface area contributed by atoms with E-state index < -0.39 is 0 Å². The van der Waals surface area contributed by atoms with Crippen molar-refractivity contribution in [2.45, 2.75) is 13.5 Å². The first-order valence-corrected chi connectivity index (χ1v) is 10.0. The lowest BCUT2D eigenvalue weighted by atomic mass is 10.1. The van der Waals surface area contributed by atoms with E-state index >= 15 is 0 Å². The number of aromatic nitrogens is 2. The van der Waals surface area contributed by atoms with Crippen LogP contribution in [0.4, 0.5) is 5.69 Å². The minimum Gasteiger partial charge on any atom is -0.456 e. The Labute approximate surface area is 181 Å². The standard InChI is InChI=1S/C25H24N4O2/c1-17-20(25(30)28-16-18-9-12-26-13-10-18)5-4-6-23(17)31-24-11-14-27-22-15-19(29(2)3)7-8-21(22)24/h4-15H,16H2,1-3H3,(H,28,30). The molecule has 2 aromatic carbocycles. The number of hydrogen-bond donors (Lipinski definition) is 1. The maximum atomic E-state index is 12.8. The lowest BCUT2D eigenvalue weighted by molar-refractivity contribution is 0.0950. The number of benzene rings is 2. The fraction of sp³-hybridized carbons (Fsp3) is 0.160. The van der Waals surface area contributed by atoms with Gasteiger partial charge in [0.05, 0.1) is 5.52 Å². The van der Waals surface area contributed by atoms with Crippen molar-refractivity contribution in [2.75, 3.05) is 19.0 Å². The molecule has 0 atom stereocenters. The van der Waals surface area contributed by atoms with Gasteiger partial charge in [-0.1, -0.05) is 6.07 Å². The van der Waals surface area contributed by atoms with Crippen LogP contribution >= 0.6 is 0 Å². The molecule has 0 spiro atoms. The van der Waals surface area contributed by atoms with E-state index in [0.29, 0.717) is 23.6 Å². The minimum atomic E-state index is -0.144. The van der Waals surface area contributed by atoms with Crippen LogP contribution in [-0.2, 0) is 6.54 Å². The SMILES string of the molecule is Cc1c(Oc2ccnc3cc(N(C)C)ccc23)cccc1C(=O)NCc1ccncc1. The highest BCUT2D eigenvalue weighted by atomic mass is 16.5. The molecule has 0 fully saturated rings. The zero-order chi connectivity index (χ0) is 21.8. The Balaban J connectivity index is 1.58. The van der Waals surface area contributed by atoms with Crippen LogP contribution in [0.25, 0.3) is 10.9 Å². The van der Waals surface area contributed by atoms with Crippen molar-refractivity contribution < 1.29 is 9.53 Å². The molecule has 2 aromatic heterocycles. The Hall–Kier alpha value is -3.93. The second kappa shape index (κ2) is 8.83. The Kier molecular flexibility index (Phi) is 5.80. The maximum absolute atomic E-state index is 12.8. The summed E-state index contributed by atoms with van der Waals surface area (Å²) in [5.74, 6) is 1.20. The number of amides is 1. The highest BCUT2D eigenvalue weighted by Gasteiger charge is 2.14. The van der Waals surface area contributed by atoms with Gasteiger partial charge in [0.25, 0.3) is 5.91 Å². The summed E-state index contributed by atoms with van der Waals surface area (Å²) in [6.07, 6.45) is 5.15. The van der Waals surface area contributed by atoms with Gasteiger partial charge in [0, 0.05) is 61.4 Å². The molecule has 0 saturated heterocycles. The molecule has 0 saturated carbocycles. The van der Waals surface area contributed by atoms with E-state index in [2.05, 4.69) is 15.3 Å². The zero-order valence-electron chi connectivity index (χ0n) is 17.8. The molecule has 6 heteroatoms. The van der Waals surface area contributed by atoms with Crippen LogP contribution < -0.4 is 15.0 Å². The van der Waals surface area contributed by atoms with Gasteiger partial charge in [0.15, 0.2) is 0 Å². The van der Waals surface area contributed by atoms with E-state index in [1.54, 1.807) is 24.7 Å². The zero-order valence-corrected chi connectivity index (χ0v) is 17.8. The summed E-state index contributed by atoms with van der Waals surface area (Å²) in [5.41, 5.74) is 4.28. The number of ether oxygens (including phenoxy) is 1. The van der Waals surface area contributed by atoms with Crippen LogP contribution in [0, 0.1) is 6.92 Å². The molecule has 2 heterocycles. The fourth-order valence-electron chi connectivity index (χ4n) is 3.35. The number of rotatable bonds is 6. The summed E-state index contributed by atoms with van der Waals surface area (Å²) in [7, 11) is 3.99. The van der Waals surface area contributed by atoms with Crippen molar-refractivity contribution in [1.82, 2.24) is 15.3 Å². The van der Waals surface area contributed by atoms with Gasteiger partial charge in [-0.25, -0.2) is 0 Å². The summed E-state index contributed by atoms with van der Waals surface area (Å²) < 4.78 is 6.23. The largest absolute Gasteiger partial charge is 0.456 e. The molecule has 31 heavy (non-hydrogen) atoms. The summed E-state index contributed by atoms with van der Waals surface area (Å²) in [6.45, 7) is 2.33. The van der Waals surface area contributed by atoms with Crippen molar-refractivity contribution >= 4 is 22.5 Å². The van der Waals surface area contributed by atoms with Crippen LogP contribution in [0.5, 0.6) is 11.5 Å². The molecule has 4 rings (SSSR count). The van der Waals surface area contributed by atoms with E-state index in [0.717, 1.165) is 27.7 Å². The number of pyridine rings is 2. The molecular formula is C25H24N4O2. The van der Waals surface area contributed by atoms with E-state index in [1.807, 2.05) is 74.4 Å². The number of anilines is 1. The van der Waals surface area contributed by atoms with Crippen LogP contribution in [0.1, 0.15) is 21.5 Å². The lowest BCUT2D eigenvalue weighted by Gasteiger charge is -2.16. The second-order valence-corrected chi connectivity index (χ2v) is 7.47. The second-order valence-electron chi connectivity index (χ2n) is 7.47. The highest BCUT2D eigenvalue weighted by molar-refractivity contribution is 5.96. The average Bonchev–Trinajstić information content (AvgIpc) is 2.79. The summed E-state index contributed by atoms with van der Waals surface area (Å²) in [6, 6.07) is 17.2. The molecule has 0 aliphatic heterocycles. The molecule has 4 aromatic rings. The highest BCUT2D eigenvalue weighted by Crippen LogP contribution is 2.33. The molecule has 0 aliphatic carbocycles. The molecule has 6 nitrogen and oxygen atoms in total. The van der Waals surface area contributed by atoms with E-state index in [-0.39, 0.29) is 5.91 Å². The predicted octanol–water partition coefficient (Wildman–Crippen LogP) is 4.73. The Morgan fingerprint density at radius 3 is 2.58 bits per heavy atom. The third-order valence-electron chi connectivity index (χ3n) is 5.15. The number of hydrogen-bond acceptors (Lipinski definition) is 5. The van der Waals surface area contributed by atoms with Gasteiger partial charge in [0.2, 0.25) is 0 Å². The number of carbonyl (C=O) groups excluding carboxylic acids is 1. The molecular weight excluding hydrogens is 388 g/mol. The normalized spacial score (nSPS) is 10.7. The van der Waals surface area contributed by atoms with Gasteiger partial charge in [0.1, 0.15) is 11.5 Å². The predicted molar refractivity (Wildman–Crippen MR) is 123 cm³/mol. The quantitative estimate of drug-likeness (QED) is 0.496. The molecule has 1 N–H and O–H groups in total. The fourth-order valence-corrected chi connectivity index (χ4v) is 3.35. The molecule has 0 bridgehead atoms. The molecule has 0 aliphatic rings. The van der Waals surface area contributed by atoms with Crippen molar-refractivity contribution in [1.29, 1.82) is 0 Å². The first-order valence-electron chi connectivity index (χ1n) is 10.0. The summed E-state index contributed by atoms with van der Waals surface area (Å²) in [5, 5.41) is 3.87. The van der Waals surface area contributed by atoms with Gasteiger partial charge in [-0.05, 0) is 61.0 Å². The van der Waals surface area contributed by atoms with Crippen molar-refractivity contribution in [3.05, 3.63) is 89.9 Å². The van der Waals surface area contributed by atoms with Gasteiger partial charge >= 0.3 is 0 Å². The molecule has 156 valence electrons. The number of carbonyl (C=O) groups is 1. The van der Waals surface area contributed by atoms with Gasteiger partial charge in [-0.2, -0.15) is 0 Å². The van der Waals surface area contributed by atoms with E-state index in [4.69, 9.17) is 4.74 Å². The van der Waals surface area contributed by atoms with Gasteiger partial charge in [-0.3, -0.25) is 14.8 Å². The van der Waals surface area contributed by atoms with E-state index in [1.165, 1.54) is 0 Å². The third-order valence-corrected chi connectivity index (χ3v) is 5.15. The number of nitrogens with zero attached hydrogens (tertiary/aromatic N) is 3.